The van der Waals surface area contributed by atoms with Gasteiger partial charge in [0.2, 0.25) is 0 Å². The molecule has 2 aromatic rings. The van der Waals surface area contributed by atoms with Crippen molar-refractivity contribution < 1.29 is 18.6 Å². The van der Waals surface area contributed by atoms with Crippen LogP contribution in [0.2, 0.25) is 0 Å². The van der Waals surface area contributed by atoms with Crippen molar-refractivity contribution in [3.8, 4) is 11.5 Å². The number of benzene rings is 2. The maximum Gasteiger partial charge on any atom is 0.165 e. The lowest BCUT2D eigenvalue weighted by Gasteiger charge is -2.30. The monoisotopic (exact) mass is 277 g/mol. The summed E-state index contributed by atoms with van der Waals surface area (Å²) in [6.07, 6.45) is -0.00236. The Bertz CT molecular complexity index is 660. The minimum Gasteiger partial charge on any atom is -0.505 e. The molecular weight excluding hydrogens is 264 g/mol. The third-order valence-electron chi connectivity index (χ3n) is 3.46. The number of halogens is 2. The van der Waals surface area contributed by atoms with Gasteiger partial charge in [-0.2, -0.15) is 0 Å². The summed E-state index contributed by atoms with van der Waals surface area (Å²) in [5.74, 6) is -1.17. The molecule has 0 saturated heterocycles. The predicted octanol–water partition coefficient (Wildman–Crippen LogP) is 3.19. The zero-order valence-electron chi connectivity index (χ0n) is 10.5. The largest absolute Gasteiger partial charge is 0.505 e. The van der Waals surface area contributed by atoms with Crippen molar-refractivity contribution in [3.05, 3.63) is 59.2 Å². The second-order valence-electron chi connectivity index (χ2n) is 4.84. The number of hydrogen-bond donors (Lipinski definition) is 2. The summed E-state index contributed by atoms with van der Waals surface area (Å²) in [6.45, 7) is 0. The van der Waals surface area contributed by atoms with Crippen LogP contribution >= 0.6 is 0 Å². The highest BCUT2D eigenvalue weighted by molar-refractivity contribution is 5.40. The maximum atomic E-state index is 13.4. The van der Waals surface area contributed by atoms with Crippen molar-refractivity contribution in [1.29, 1.82) is 0 Å². The minimum absolute atomic E-state index is 0.304. The van der Waals surface area contributed by atoms with Gasteiger partial charge in [0, 0.05) is 24.1 Å². The molecule has 1 aliphatic rings. The Hall–Kier alpha value is -2.14. The van der Waals surface area contributed by atoms with Gasteiger partial charge in [0.05, 0.1) is 0 Å². The van der Waals surface area contributed by atoms with Crippen LogP contribution in [-0.2, 0) is 0 Å². The highest BCUT2D eigenvalue weighted by Gasteiger charge is 2.27. The van der Waals surface area contributed by atoms with E-state index in [1.807, 2.05) is 0 Å². The van der Waals surface area contributed by atoms with Gasteiger partial charge < -0.3 is 15.6 Å². The van der Waals surface area contributed by atoms with Crippen LogP contribution in [0.5, 0.6) is 11.5 Å². The Balaban J connectivity index is 1.96. The first-order valence-corrected chi connectivity index (χ1v) is 6.24. The molecule has 1 aliphatic heterocycles. The number of ether oxygens (including phenoxy) is 1. The minimum atomic E-state index is -0.718. The second kappa shape index (κ2) is 4.76. The van der Waals surface area contributed by atoms with Gasteiger partial charge in [-0.1, -0.05) is 12.1 Å². The third kappa shape index (κ3) is 2.20. The van der Waals surface area contributed by atoms with Gasteiger partial charge in [0.1, 0.15) is 17.7 Å². The van der Waals surface area contributed by atoms with Crippen LogP contribution < -0.4 is 10.5 Å². The Morgan fingerprint density at radius 1 is 1.15 bits per heavy atom. The Kier molecular flexibility index (Phi) is 3.06. The fourth-order valence-electron chi connectivity index (χ4n) is 2.40. The maximum absolute atomic E-state index is 13.4. The molecule has 0 saturated carbocycles. The lowest BCUT2D eigenvalue weighted by atomic mass is 9.93. The molecule has 20 heavy (non-hydrogen) atoms. The zero-order valence-corrected chi connectivity index (χ0v) is 10.5. The van der Waals surface area contributed by atoms with E-state index >= 15 is 0 Å². The predicted molar refractivity (Wildman–Crippen MR) is 69.4 cm³/mol. The summed E-state index contributed by atoms with van der Waals surface area (Å²) in [4.78, 5) is 0. The van der Waals surface area contributed by atoms with Crippen molar-refractivity contribution in [3.63, 3.8) is 0 Å². The van der Waals surface area contributed by atoms with Crippen molar-refractivity contribution in [2.75, 3.05) is 0 Å². The molecule has 3 nitrogen and oxygen atoms in total. The number of aromatic hydroxyl groups is 1. The summed E-state index contributed by atoms with van der Waals surface area (Å²) in [7, 11) is 0. The molecule has 2 aromatic carbocycles. The highest BCUT2D eigenvalue weighted by Crippen LogP contribution is 2.40. The Morgan fingerprint density at radius 2 is 1.95 bits per heavy atom. The standard InChI is InChI=1S/C15H13F2NO2/c16-9-2-3-10-12(18)7-14(20-15(10)6-9)8-1-4-13(19)11(17)5-8/h1-6,12,14,19H,7,18H2/t12-,14?/m1/s1. The van der Waals surface area contributed by atoms with E-state index in [9.17, 15) is 13.9 Å². The quantitative estimate of drug-likeness (QED) is 0.841. The molecule has 1 unspecified atom stereocenters. The van der Waals surface area contributed by atoms with E-state index in [-0.39, 0.29) is 6.04 Å². The van der Waals surface area contributed by atoms with E-state index in [1.165, 1.54) is 24.3 Å². The van der Waals surface area contributed by atoms with Crippen LogP contribution in [0.1, 0.15) is 29.7 Å². The second-order valence-corrected chi connectivity index (χ2v) is 4.84. The summed E-state index contributed by atoms with van der Waals surface area (Å²) in [5.41, 5.74) is 7.35. The molecule has 0 bridgehead atoms. The molecule has 0 spiro atoms. The number of nitrogens with two attached hydrogens (primary N) is 1. The molecular formula is C15H13F2NO2. The lowest BCUT2D eigenvalue weighted by Crippen LogP contribution is -2.24. The van der Waals surface area contributed by atoms with Gasteiger partial charge >= 0.3 is 0 Å². The van der Waals surface area contributed by atoms with Gasteiger partial charge in [0.25, 0.3) is 0 Å². The summed E-state index contributed by atoms with van der Waals surface area (Å²) in [5, 5.41) is 9.20. The third-order valence-corrected chi connectivity index (χ3v) is 3.46. The number of rotatable bonds is 1. The van der Waals surface area contributed by atoms with Crippen molar-refractivity contribution in [2.24, 2.45) is 5.73 Å². The lowest BCUT2D eigenvalue weighted by molar-refractivity contribution is 0.160. The first-order chi connectivity index (χ1) is 9.54. The van der Waals surface area contributed by atoms with Crippen LogP contribution in [0.15, 0.2) is 36.4 Å². The molecule has 0 aliphatic carbocycles. The average Bonchev–Trinajstić information content (AvgIpc) is 2.41. The van der Waals surface area contributed by atoms with E-state index in [0.29, 0.717) is 17.7 Å². The molecule has 0 radical (unpaired) electrons. The summed E-state index contributed by atoms with van der Waals surface area (Å²) >= 11 is 0. The Labute approximate surface area is 114 Å². The molecule has 5 heteroatoms. The van der Waals surface area contributed by atoms with Crippen LogP contribution in [0.3, 0.4) is 0 Å². The van der Waals surface area contributed by atoms with E-state index in [4.69, 9.17) is 10.5 Å². The number of phenols is 1. The normalized spacial score (nSPS) is 21.1. The fraction of sp³-hybridized carbons (Fsp3) is 0.200. The van der Waals surface area contributed by atoms with E-state index < -0.39 is 23.5 Å². The first kappa shape index (κ1) is 12.9. The highest BCUT2D eigenvalue weighted by atomic mass is 19.1. The molecule has 1 heterocycles. The number of fused-ring (bicyclic) bond motifs is 1. The van der Waals surface area contributed by atoms with Crippen LogP contribution in [0.25, 0.3) is 0 Å². The van der Waals surface area contributed by atoms with Gasteiger partial charge in [0.15, 0.2) is 11.6 Å². The van der Waals surface area contributed by atoms with Crippen molar-refractivity contribution in [1.82, 2.24) is 0 Å². The zero-order chi connectivity index (χ0) is 14.3. The van der Waals surface area contributed by atoms with Gasteiger partial charge in [-0.05, 0) is 23.8 Å². The molecule has 0 amide bonds. The van der Waals surface area contributed by atoms with Gasteiger partial charge in [-0.25, -0.2) is 8.78 Å². The topological polar surface area (TPSA) is 55.5 Å². The molecule has 0 fully saturated rings. The van der Waals surface area contributed by atoms with Crippen molar-refractivity contribution >= 4 is 0 Å². The molecule has 104 valence electrons. The van der Waals surface area contributed by atoms with Crippen molar-refractivity contribution in [2.45, 2.75) is 18.6 Å². The summed E-state index contributed by atoms with van der Waals surface area (Å²) in [6, 6.07) is 7.95. The smallest absolute Gasteiger partial charge is 0.165 e. The summed E-state index contributed by atoms with van der Waals surface area (Å²) < 4.78 is 32.3. The number of phenolic OH excluding ortho intramolecular Hbond substituents is 1. The molecule has 3 N–H and O–H groups in total. The van der Waals surface area contributed by atoms with Crippen LogP contribution in [-0.4, -0.2) is 5.11 Å². The first-order valence-electron chi connectivity index (χ1n) is 6.24. The van der Waals surface area contributed by atoms with E-state index in [2.05, 4.69) is 0 Å². The molecule has 2 atom stereocenters. The van der Waals surface area contributed by atoms with Gasteiger partial charge in [-0.15, -0.1) is 0 Å². The van der Waals surface area contributed by atoms with Gasteiger partial charge in [-0.3, -0.25) is 0 Å². The number of hydrogen-bond acceptors (Lipinski definition) is 3. The average molecular weight is 277 g/mol. The fourth-order valence-corrected chi connectivity index (χ4v) is 2.40. The van der Waals surface area contributed by atoms with Crippen LogP contribution in [0.4, 0.5) is 8.78 Å². The Morgan fingerprint density at radius 3 is 2.70 bits per heavy atom. The molecule has 0 aromatic heterocycles. The SMILES string of the molecule is N[C@@H]1CC(c2ccc(O)c(F)c2)Oc2cc(F)ccc21. The van der Waals surface area contributed by atoms with E-state index in [1.54, 1.807) is 12.1 Å². The van der Waals surface area contributed by atoms with E-state index in [0.717, 1.165) is 5.56 Å². The van der Waals surface area contributed by atoms with Crippen LogP contribution in [0, 0.1) is 11.6 Å². The molecule has 3 rings (SSSR count).